The summed E-state index contributed by atoms with van der Waals surface area (Å²) in [7, 11) is 0. The summed E-state index contributed by atoms with van der Waals surface area (Å²) < 4.78 is 5.41. The van der Waals surface area contributed by atoms with E-state index in [1.807, 2.05) is 20.8 Å². The zero-order valence-corrected chi connectivity index (χ0v) is 12.4. The predicted molar refractivity (Wildman–Crippen MR) is 72.8 cm³/mol. The van der Waals surface area contributed by atoms with Crippen molar-refractivity contribution < 1.29 is 14.3 Å². The summed E-state index contributed by atoms with van der Waals surface area (Å²) in [6.45, 7) is 9.13. The number of likely N-dealkylation sites (tertiary alicyclic amines) is 1. The first-order valence-corrected chi connectivity index (χ1v) is 7.32. The molecule has 2 fully saturated rings. The van der Waals surface area contributed by atoms with E-state index < -0.39 is 5.60 Å². The summed E-state index contributed by atoms with van der Waals surface area (Å²) in [5, 5.41) is 0. The van der Waals surface area contributed by atoms with Crippen LogP contribution in [0, 0.1) is 17.8 Å². The number of fused-ring (bicyclic) bond motifs is 1. The van der Waals surface area contributed by atoms with Crippen molar-refractivity contribution >= 4 is 11.9 Å². The Balaban J connectivity index is 1.97. The molecule has 0 radical (unpaired) electrons. The van der Waals surface area contributed by atoms with Crippen molar-refractivity contribution in [2.75, 3.05) is 13.1 Å². The van der Waals surface area contributed by atoms with Crippen LogP contribution in [0.1, 0.15) is 47.0 Å². The molecule has 108 valence electrons. The lowest BCUT2D eigenvalue weighted by atomic mass is 9.89. The van der Waals surface area contributed by atoms with Crippen LogP contribution in [0.3, 0.4) is 0 Å². The van der Waals surface area contributed by atoms with Gasteiger partial charge in [0, 0.05) is 25.4 Å². The van der Waals surface area contributed by atoms with E-state index in [4.69, 9.17) is 4.74 Å². The molecule has 0 aromatic heterocycles. The van der Waals surface area contributed by atoms with Gasteiger partial charge in [0.05, 0.1) is 0 Å². The second-order valence-electron chi connectivity index (χ2n) is 6.87. The van der Waals surface area contributed by atoms with Gasteiger partial charge in [-0.15, -0.1) is 0 Å². The van der Waals surface area contributed by atoms with Crippen molar-refractivity contribution in [1.29, 1.82) is 0 Å². The lowest BCUT2D eigenvalue weighted by Crippen LogP contribution is -2.36. The summed E-state index contributed by atoms with van der Waals surface area (Å²) in [6, 6.07) is 0. The number of hydrogen-bond donors (Lipinski definition) is 0. The van der Waals surface area contributed by atoms with Crippen LogP contribution in [0.5, 0.6) is 0 Å². The Labute approximate surface area is 115 Å². The van der Waals surface area contributed by atoms with Crippen molar-refractivity contribution in [2.24, 2.45) is 17.8 Å². The lowest BCUT2D eigenvalue weighted by molar-refractivity contribution is -0.121. The van der Waals surface area contributed by atoms with Crippen molar-refractivity contribution in [3.63, 3.8) is 0 Å². The van der Waals surface area contributed by atoms with Crippen LogP contribution >= 0.6 is 0 Å². The Morgan fingerprint density at radius 1 is 1.37 bits per heavy atom. The zero-order valence-electron chi connectivity index (χ0n) is 12.4. The number of carbonyl (C=O) groups is 2. The topological polar surface area (TPSA) is 46.6 Å². The molecular formula is C15H25NO3. The van der Waals surface area contributed by atoms with Crippen molar-refractivity contribution in [3.05, 3.63) is 0 Å². The highest BCUT2D eigenvalue weighted by Crippen LogP contribution is 2.42. The molecule has 2 rings (SSSR count). The minimum absolute atomic E-state index is 0.169. The van der Waals surface area contributed by atoms with Gasteiger partial charge in [0.1, 0.15) is 11.4 Å². The number of nitrogens with zero attached hydrogens (tertiary/aromatic N) is 1. The molecule has 1 saturated carbocycles. The molecule has 0 N–H and O–H groups in total. The molecule has 0 aromatic carbocycles. The summed E-state index contributed by atoms with van der Waals surface area (Å²) in [6.07, 6.45) is 2.41. The first kappa shape index (κ1) is 14.4. The predicted octanol–water partition coefficient (Wildman–Crippen LogP) is 2.86. The molecule has 1 saturated heterocycles. The highest BCUT2D eigenvalue weighted by atomic mass is 16.6. The van der Waals surface area contributed by atoms with Crippen molar-refractivity contribution in [3.8, 4) is 0 Å². The Hall–Kier alpha value is -1.06. The van der Waals surface area contributed by atoms with Crippen LogP contribution in [0.15, 0.2) is 0 Å². The maximum Gasteiger partial charge on any atom is 0.410 e. The second kappa shape index (κ2) is 5.14. The van der Waals surface area contributed by atoms with E-state index in [0.29, 0.717) is 37.1 Å². The fraction of sp³-hybridized carbons (Fsp3) is 0.867. The van der Waals surface area contributed by atoms with Gasteiger partial charge in [-0.2, -0.15) is 0 Å². The number of amides is 1. The van der Waals surface area contributed by atoms with Gasteiger partial charge in [0.15, 0.2) is 0 Å². The molecule has 19 heavy (non-hydrogen) atoms. The molecule has 3 atom stereocenters. The summed E-state index contributed by atoms with van der Waals surface area (Å²) in [5.74, 6) is 1.29. The minimum atomic E-state index is -0.451. The van der Waals surface area contributed by atoms with E-state index in [0.717, 1.165) is 12.8 Å². The monoisotopic (exact) mass is 267 g/mol. The van der Waals surface area contributed by atoms with E-state index in [2.05, 4.69) is 6.92 Å². The van der Waals surface area contributed by atoms with Gasteiger partial charge in [-0.25, -0.2) is 4.79 Å². The molecule has 0 bridgehead atoms. The summed E-state index contributed by atoms with van der Waals surface area (Å²) in [5.41, 5.74) is -0.451. The quantitative estimate of drug-likeness (QED) is 0.773. The van der Waals surface area contributed by atoms with Gasteiger partial charge in [-0.1, -0.05) is 13.3 Å². The number of ether oxygens (including phenoxy) is 1. The highest BCUT2D eigenvalue weighted by Gasteiger charge is 2.48. The van der Waals surface area contributed by atoms with Gasteiger partial charge in [-0.3, -0.25) is 4.79 Å². The molecule has 3 unspecified atom stereocenters. The molecule has 1 aliphatic carbocycles. The summed E-state index contributed by atoms with van der Waals surface area (Å²) in [4.78, 5) is 25.8. The highest BCUT2D eigenvalue weighted by molar-refractivity contribution is 5.84. The third-order valence-electron chi connectivity index (χ3n) is 4.14. The lowest BCUT2D eigenvalue weighted by Gasteiger charge is -2.25. The molecular weight excluding hydrogens is 242 g/mol. The van der Waals surface area contributed by atoms with Crippen LogP contribution in [-0.4, -0.2) is 35.5 Å². The molecule has 4 nitrogen and oxygen atoms in total. The Kier molecular flexibility index (Phi) is 3.88. The van der Waals surface area contributed by atoms with Crippen LogP contribution in [0.25, 0.3) is 0 Å². The Morgan fingerprint density at radius 2 is 2.05 bits per heavy atom. The molecule has 1 amide bonds. The average molecular weight is 267 g/mol. The molecule has 2 aliphatic rings. The SMILES string of the molecule is CCCC1C(=O)CC2CN(C(=O)OC(C)(C)C)CC21. The fourth-order valence-electron chi connectivity index (χ4n) is 3.38. The van der Waals surface area contributed by atoms with Crippen molar-refractivity contribution in [1.82, 2.24) is 4.90 Å². The van der Waals surface area contributed by atoms with E-state index in [-0.39, 0.29) is 12.0 Å². The molecule has 0 spiro atoms. The first-order valence-electron chi connectivity index (χ1n) is 7.32. The smallest absolute Gasteiger partial charge is 0.410 e. The summed E-state index contributed by atoms with van der Waals surface area (Å²) >= 11 is 0. The van der Waals surface area contributed by atoms with Gasteiger partial charge in [0.25, 0.3) is 0 Å². The van der Waals surface area contributed by atoms with Crippen LogP contribution in [0.4, 0.5) is 4.79 Å². The second-order valence-corrected chi connectivity index (χ2v) is 6.87. The fourth-order valence-corrected chi connectivity index (χ4v) is 3.38. The minimum Gasteiger partial charge on any atom is -0.444 e. The number of hydrogen-bond acceptors (Lipinski definition) is 3. The van der Waals surface area contributed by atoms with Crippen LogP contribution < -0.4 is 0 Å². The largest absolute Gasteiger partial charge is 0.444 e. The maximum atomic E-state index is 12.1. The molecule has 1 aliphatic heterocycles. The van der Waals surface area contributed by atoms with Gasteiger partial charge in [-0.05, 0) is 39.0 Å². The van der Waals surface area contributed by atoms with Crippen LogP contribution in [0.2, 0.25) is 0 Å². The number of Topliss-reactive ketones (excluding diaryl/α,β-unsaturated/α-hetero) is 1. The average Bonchev–Trinajstić information content (AvgIpc) is 2.77. The first-order chi connectivity index (χ1) is 8.81. The zero-order chi connectivity index (χ0) is 14.2. The van der Waals surface area contributed by atoms with E-state index in [9.17, 15) is 9.59 Å². The molecule has 1 heterocycles. The maximum absolute atomic E-state index is 12.1. The van der Waals surface area contributed by atoms with Crippen LogP contribution in [-0.2, 0) is 9.53 Å². The van der Waals surface area contributed by atoms with E-state index >= 15 is 0 Å². The standard InChI is InChI=1S/C15H25NO3/c1-5-6-11-12-9-16(8-10(12)7-13(11)17)14(18)19-15(2,3)4/h10-12H,5-9H2,1-4H3. The Morgan fingerprint density at radius 3 is 2.63 bits per heavy atom. The molecule has 0 aromatic rings. The third-order valence-corrected chi connectivity index (χ3v) is 4.14. The third kappa shape index (κ3) is 3.10. The van der Waals surface area contributed by atoms with E-state index in [1.165, 1.54) is 0 Å². The van der Waals surface area contributed by atoms with Gasteiger partial charge < -0.3 is 9.64 Å². The molecule has 4 heteroatoms. The normalized spacial score (nSPS) is 30.6. The van der Waals surface area contributed by atoms with Crippen molar-refractivity contribution in [2.45, 2.75) is 52.6 Å². The van der Waals surface area contributed by atoms with Gasteiger partial charge in [0.2, 0.25) is 0 Å². The Bertz CT molecular complexity index is 372. The number of rotatable bonds is 2. The van der Waals surface area contributed by atoms with E-state index in [1.54, 1.807) is 4.90 Å². The number of carbonyl (C=O) groups excluding carboxylic acids is 2. The number of ketones is 1. The van der Waals surface area contributed by atoms with Gasteiger partial charge >= 0.3 is 6.09 Å².